The van der Waals surface area contributed by atoms with E-state index in [1.165, 1.54) is 10.7 Å². The molecule has 0 N–H and O–H groups in total. The van der Waals surface area contributed by atoms with Crippen LogP contribution in [-0.4, -0.2) is 28.1 Å². The predicted octanol–water partition coefficient (Wildman–Crippen LogP) is 2.62. The Morgan fingerprint density at radius 3 is 2.27 bits per heavy atom. The third kappa shape index (κ3) is 2.36. The SMILES string of the molecule is Cc1nn(-c2ccccc2F)cc1B1OC(C)(C)C(C)(C)O1. The number of aromatic nitrogens is 2. The molecule has 6 heteroatoms. The first kappa shape index (κ1) is 15.2. The molecule has 1 aliphatic heterocycles. The van der Waals surface area contributed by atoms with Gasteiger partial charge in [-0.25, -0.2) is 9.07 Å². The minimum Gasteiger partial charge on any atom is -0.399 e. The van der Waals surface area contributed by atoms with Crippen molar-refractivity contribution in [2.75, 3.05) is 0 Å². The molecule has 2 aromatic rings. The van der Waals surface area contributed by atoms with Crippen LogP contribution in [0.1, 0.15) is 33.4 Å². The zero-order valence-electron chi connectivity index (χ0n) is 13.6. The van der Waals surface area contributed by atoms with Crippen LogP contribution < -0.4 is 5.46 Å². The Hall–Kier alpha value is -1.66. The predicted molar refractivity (Wildman–Crippen MR) is 84.0 cm³/mol. The van der Waals surface area contributed by atoms with E-state index in [4.69, 9.17) is 9.31 Å². The molecule has 0 spiro atoms. The second-order valence-electron chi connectivity index (χ2n) is 6.65. The summed E-state index contributed by atoms with van der Waals surface area (Å²) in [6, 6.07) is 6.55. The van der Waals surface area contributed by atoms with Gasteiger partial charge in [0.2, 0.25) is 0 Å². The molecule has 0 atom stereocenters. The van der Waals surface area contributed by atoms with Gasteiger partial charge in [0.15, 0.2) is 0 Å². The molecule has 0 saturated carbocycles. The van der Waals surface area contributed by atoms with Crippen LogP contribution in [0.3, 0.4) is 0 Å². The molecule has 0 radical (unpaired) electrons. The van der Waals surface area contributed by atoms with E-state index in [1.54, 1.807) is 24.4 Å². The molecular weight excluding hydrogens is 282 g/mol. The molecule has 0 aliphatic carbocycles. The maximum Gasteiger partial charge on any atom is 0.498 e. The largest absolute Gasteiger partial charge is 0.498 e. The number of para-hydroxylation sites is 1. The van der Waals surface area contributed by atoms with Gasteiger partial charge in [0.25, 0.3) is 0 Å². The van der Waals surface area contributed by atoms with Gasteiger partial charge < -0.3 is 9.31 Å². The van der Waals surface area contributed by atoms with Gasteiger partial charge in [-0.2, -0.15) is 5.10 Å². The lowest BCUT2D eigenvalue weighted by Crippen LogP contribution is -2.41. The van der Waals surface area contributed by atoms with Crippen molar-refractivity contribution in [3.05, 3.63) is 42.0 Å². The highest BCUT2D eigenvalue weighted by atomic mass is 19.1. The van der Waals surface area contributed by atoms with E-state index in [9.17, 15) is 4.39 Å². The summed E-state index contributed by atoms with van der Waals surface area (Å²) in [4.78, 5) is 0. The van der Waals surface area contributed by atoms with Gasteiger partial charge >= 0.3 is 7.12 Å². The molecule has 1 aromatic heterocycles. The molecule has 1 saturated heterocycles. The van der Waals surface area contributed by atoms with Crippen LogP contribution in [0, 0.1) is 12.7 Å². The zero-order valence-corrected chi connectivity index (χ0v) is 13.6. The number of nitrogens with zero attached hydrogens (tertiary/aromatic N) is 2. The first-order valence-electron chi connectivity index (χ1n) is 7.38. The molecule has 0 bridgehead atoms. The number of halogens is 1. The zero-order chi connectivity index (χ0) is 16.1. The summed E-state index contributed by atoms with van der Waals surface area (Å²) in [5.74, 6) is -0.314. The first-order chi connectivity index (χ1) is 10.2. The highest BCUT2D eigenvalue weighted by Gasteiger charge is 2.52. The highest BCUT2D eigenvalue weighted by molar-refractivity contribution is 6.62. The van der Waals surface area contributed by atoms with Gasteiger partial charge in [-0.15, -0.1) is 0 Å². The fourth-order valence-corrected chi connectivity index (χ4v) is 2.44. The van der Waals surface area contributed by atoms with Crippen molar-refractivity contribution in [2.45, 2.75) is 45.8 Å². The summed E-state index contributed by atoms with van der Waals surface area (Å²) in [7, 11) is -0.495. The smallest absolute Gasteiger partial charge is 0.399 e. The van der Waals surface area contributed by atoms with E-state index in [-0.39, 0.29) is 5.82 Å². The second-order valence-corrected chi connectivity index (χ2v) is 6.65. The highest BCUT2D eigenvalue weighted by Crippen LogP contribution is 2.36. The van der Waals surface area contributed by atoms with Crippen LogP contribution in [0.25, 0.3) is 5.69 Å². The quantitative estimate of drug-likeness (QED) is 0.800. The van der Waals surface area contributed by atoms with E-state index < -0.39 is 18.3 Å². The van der Waals surface area contributed by atoms with E-state index in [2.05, 4.69) is 5.10 Å². The van der Waals surface area contributed by atoms with Gasteiger partial charge in [0.05, 0.1) is 16.9 Å². The van der Waals surface area contributed by atoms with Gasteiger partial charge in [-0.1, -0.05) is 12.1 Å². The van der Waals surface area contributed by atoms with Crippen LogP contribution in [-0.2, 0) is 9.31 Å². The van der Waals surface area contributed by atoms with Crippen molar-refractivity contribution < 1.29 is 13.7 Å². The lowest BCUT2D eigenvalue weighted by Gasteiger charge is -2.32. The molecule has 116 valence electrons. The molecule has 3 rings (SSSR count). The van der Waals surface area contributed by atoms with Crippen LogP contribution in [0.5, 0.6) is 0 Å². The Bertz CT molecular complexity index is 696. The first-order valence-corrected chi connectivity index (χ1v) is 7.38. The molecule has 2 heterocycles. The van der Waals surface area contributed by atoms with E-state index >= 15 is 0 Å². The van der Waals surface area contributed by atoms with Crippen LogP contribution >= 0.6 is 0 Å². The fourth-order valence-electron chi connectivity index (χ4n) is 2.44. The summed E-state index contributed by atoms with van der Waals surface area (Å²) >= 11 is 0. The molecule has 1 fully saturated rings. The number of hydrogen-bond donors (Lipinski definition) is 0. The van der Waals surface area contributed by atoms with Crippen LogP contribution in [0.4, 0.5) is 4.39 Å². The lowest BCUT2D eigenvalue weighted by molar-refractivity contribution is 0.00578. The monoisotopic (exact) mass is 302 g/mol. The summed E-state index contributed by atoms with van der Waals surface area (Å²) in [5.41, 5.74) is 1.17. The Balaban J connectivity index is 1.97. The van der Waals surface area contributed by atoms with Crippen molar-refractivity contribution >= 4 is 12.6 Å². The van der Waals surface area contributed by atoms with Crippen molar-refractivity contribution in [1.82, 2.24) is 9.78 Å². The average molecular weight is 302 g/mol. The fraction of sp³-hybridized carbons (Fsp3) is 0.438. The topological polar surface area (TPSA) is 36.3 Å². The molecular formula is C16H20BFN2O2. The Morgan fingerprint density at radius 2 is 1.68 bits per heavy atom. The second kappa shape index (κ2) is 4.93. The Kier molecular flexibility index (Phi) is 3.42. The molecule has 0 amide bonds. The lowest BCUT2D eigenvalue weighted by atomic mass is 9.79. The molecule has 0 unspecified atom stereocenters. The molecule has 22 heavy (non-hydrogen) atoms. The Morgan fingerprint density at radius 1 is 1.09 bits per heavy atom. The van der Waals surface area contributed by atoms with Gasteiger partial charge in [0.1, 0.15) is 11.5 Å². The summed E-state index contributed by atoms with van der Waals surface area (Å²) in [5, 5.41) is 4.40. The van der Waals surface area contributed by atoms with E-state index in [1.807, 2.05) is 34.6 Å². The third-order valence-corrected chi connectivity index (χ3v) is 4.54. The number of hydrogen-bond acceptors (Lipinski definition) is 3. The summed E-state index contributed by atoms with van der Waals surface area (Å²) < 4.78 is 27.5. The minimum absolute atomic E-state index is 0.314. The van der Waals surface area contributed by atoms with Crippen molar-refractivity contribution in [3.63, 3.8) is 0 Å². The van der Waals surface area contributed by atoms with Gasteiger partial charge in [-0.3, -0.25) is 0 Å². The normalized spacial score (nSPS) is 19.6. The van der Waals surface area contributed by atoms with E-state index in [0.29, 0.717) is 5.69 Å². The van der Waals surface area contributed by atoms with Gasteiger partial charge in [0, 0.05) is 11.7 Å². The van der Waals surface area contributed by atoms with Crippen molar-refractivity contribution in [2.24, 2.45) is 0 Å². The van der Waals surface area contributed by atoms with Crippen LogP contribution in [0.15, 0.2) is 30.5 Å². The number of benzene rings is 1. The summed E-state index contributed by atoms with van der Waals surface area (Å²) in [6.07, 6.45) is 1.77. The summed E-state index contributed by atoms with van der Waals surface area (Å²) in [6.45, 7) is 9.89. The number of aryl methyl sites for hydroxylation is 1. The van der Waals surface area contributed by atoms with Crippen molar-refractivity contribution in [1.29, 1.82) is 0 Å². The van der Waals surface area contributed by atoms with Gasteiger partial charge in [-0.05, 0) is 46.8 Å². The maximum atomic E-state index is 13.9. The molecule has 1 aliphatic rings. The molecule has 1 aromatic carbocycles. The average Bonchev–Trinajstić information content (AvgIpc) is 2.88. The number of rotatable bonds is 2. The van der Waals surface area contributed by atoms with Crippen LogP contribution in [0.2, 0.25) is 0 Å². The molecule has 4 nitrogen and oxygen atoms in total. The Labute approximate surface area is 130 Å². The maximum absolute atomic E-state index is 13.9. The van der Waals surface area contributed by atoms with Crippen molar-refractivity contribution in [3.8, 4) is 5.69 Å². The minimum atomic E-state index is -0.495. The van der Waals surface area contributed by atoms with E-state index in [0.717, 1.165) is 11.2 Å². The standard InChI is InChI=1S/C16H20BFN2O2/c1-11-12(17-21-15(2,3)16(4,5)22-17)10-20(19-11)14-9-7-6-8-13(14)18/h6-10H,1-5H3. The third-order valence-electron chi connectivity index (χ3n) is 4.54.